The highest BCUT2D eigenvalue weighted by Crippen LogP contribution is 2.40. The average Bonchev–Trinajstić information content (AvgIpc) is 3.25. The van der Waals surface area contributed by atoms with Gasteiger partial charge in [-0.05, 0) is 43.7 Å². The first kappa shape index (κ1) is 30.6. The van der Waals surface area contributed by atoms with Crippen LogP contribution in [0.3, 0.4) is 0 Å². The number of benzene rings is 3. The number of thioether (sulfide) groups is 1. The SMILES string of the molecule is CC(=O)CCC(=O)O[C@H]1[C@H](O)[C@@H](COCc2ccccc2)O[C@@H](Sc2ccc(C)cc2)[C@@H]1N1C(=O)c2ccccc2C1=O. The van der Waals surface area contributed by atoms with Crippen LogP contribution in [0.2, 0.25) is 0 Å². The third-order valence-electron chi connectivity index (χ3n) is 7.38. The Hall–Kier alpha value is -3.83. The van der Waals surface area contributed by atoms with Crippen LogP contribution in [-0.2, 0) is 30.4 Å². The molecule has 1 saturated heterocycles. The molecule has 9 nitrogen and oxygen atoms in total. The number of imide groups is 1. The number of hydrogen-bond donors (Lipinski definition) is 1. The molecule has 10 heteroatoms. The van der Waals surface area contributed by atoms with E-state index in [2.05, 4.69) is 0 Å². The number of aliphatic hydroxyl groups excluding tert-OH is 1. The van der Waals surface area contributed by atoms with Gasteiger partial charge in [0.15, 0.2) is 6.10 Å². The predicted molar refractivity (Wildman–Crippen MR) is 158 cm³/mol. The lowest BCUT2D eigenvalue weighted by atomic mass is 9.96. The van der Waals surface area contributed by atoms with Gasteiger partial charge in [0.1, 0.15) is 29.5 Å². The molecule has 0 aliphatic carbocycles. The van der Waals surface area contributed by atoms with Gasteiger partial charge in [0.05, 0.1) is 30.8 Å². The molecule has 5 atom stereocenters. The Morgan fingerprint density at radius 2 is 1.53 bits per heavy atom. The molecule has 1 fully saturated rings. The summed E-state index contributed by atoms with van der Waals surface area (Å²) >= 11 is 1.26. The van der Waals surface area contributed by atoms with Crippen LogP contribution in [0.15, 0.2) is 83.8 Å². The second-order valence-corrected chi connectivity index (χ2v) is 11.8. The second kappa shape index (κ2) is 13.6. The topological polar surface area (TPSA) is 119 Å². The van der Waals surface area contributed by atoms with E-state index in [-0.39, 0.29) is 43.0 Å². The van der Waals surface area contributed by atoms with E-state index in [0.717, 1.165) is 20.9 Å². The van der Waals surface area contributed by atoms with Gasteiger partial charge in [-0.3, -0.25) is 19.3 Å². The summed E-state index contributed by atoms with van der Waals surface area (Å²) < 4.78 is 18.1. The molecular weight excluding hydrogens is 570 g/mol. The largest absolute Gasteiger partial charge is 0.457 e. The number of Topliss-reactive ketones (excluding diaryl/α,β-unsaturated/α-hetero) is 1. The number of rotatable bonds is 11. The Labute approximate surface area is 254 Å². The molecule has 2 aliphatic heterocycles. The number of nitrogens with zero attached hydrogens (tertiary/aromatic N) is 1. The van der Waals surface area contributed by atoms with E-state index >= 15 is 0 Å². The predicted octanol–water partition coefficient (Wildman–Crippen LogP) is 4.34. The third-order valence-corrected chi connectivity index (χ3v) is 8.55. The fraction of sp³-hybridized carbons (Fsp3) is 0.333. The zero-order valence-corrected chi connectivity index (χ0v) is 24.7. The average molecular weight is 604 g/mol. The number of hydrogen-bond acceptors (Lipinski definition) is 9. The number of aryl methyl sites for hydroxylation is 1. The van der Waals surface area contributed by atoms with Crippen molar-refractivity contribution in [2.45, 2.75) is 68.0 Å². The summed E-state index contributed by atoms with van der Waals surface area (Å²) in [6.45, 7) is 3.54. The van der Waals surface area contributed by atoms with Gasteiger partial charge in [0.25, 0.3) is 11.8 Å². The number of carbonyl (C=O) groups is 4. The van der Waals surface area contributed by atoms with Gasteiger partial charge < -0.3 is 24.1 Å². The number of fused-ring (bicyclic) bond motifs is 1. The van der Waals surface area contributed by atoms with Gasteiger partial charge in [-0.15, -0.1) is 0 Å². The van der Waals surface area contributed by atoms with Crippen LogP contribution in [0, 0.1) is 6.92 Å². The lowest BCUT2D eigenvalue weighted by Crippen LogP contribution is -2.65. The Kier molecular flexibility index (Phi) is 9.72. The molecule has 224 valence electrons. The summed E-state index contributed by atoms with van der Waals surface area (Å²) in [5.41, 5.74) is 1.48. The Morgan fingerprint density at radius 1 is 0.907 bits per heavy atom. The van der Waals surface area contributed by atoms with Gasteiger partial charge in [-0.1, -0.05) is 71.9 Å². The number of esters is 1. The van der Waals surface area contributed by atoms with Crippen LogP contribution in [-0.4, -0.2) is 70.0 Å². The van der Waals surface area contributed by atoms with Crippen LogP contribution in [0.1, 0.15) is 51.6 Å². The minimum atomic E-state index is -1.44. The first-order chi connectivity index (χ1) is 20.7. The Balaban J connectivity index is 1.48. The quantitative estimate of drug-likeness (QED) is 0.252. The molecule has 43 heavy (non-hydrogen) atoms. The first-order valence-corrected chi connectivity index (χ1v) is 14.9. The van der Waals surface area contributed by atoms with E-state index in [9.17, 15) is 24.3 Å². The van der Waals surface area contributed by atoms with Crippen molar-refractivity contribution in [2.24, 2.45) is 0 Å². The zero-order chi connectivity index (χ0) is 30.5. The van der Waals surface area contributed by atoms with Crippen molar-refractivity contribution in [2.75, 3.05) is 6.61 Å². The van der Waals surface area contributed by atoms with Crippen LogP contribution in [0.5, 0.6) is 0 Å². The van der Waals surface area contributed by atoms with E-state index in [4.69, 9.17) is 14.2 Å². The monoisotopic (exact) mass is 603 g/mol. The first-order valence-electron chi connectivity index (χ1n) is 14.1. The highest BCUT2D eigenvalue weighted by molar-refractivity contribution is 7.99. The van der Waals surface area contributed by atoms with Gasteiger partial charge in [0.2, 0.25) is 0 Å². The zero-order valence-electron chi connectivity index (χ0n) is 23.9. The van der Waals surface area contributed by atoms with Gasteiger partial charge in [0, 0.05) is 11.3 Å². The van der Waals surface area contributed by atoms with Crippen molar-refractivity contribution in [3.63, 3.8) is 0 Å². The van der Waals surface area contributed by atoms with Crippen molar-refractivity contribution in [3.8, 4) is 0 Å². The number of ether oxygens (including phenoxy) is 3. The molecule has 0 aromatic heterocycles. The Morgan fingerprint density at radius 3 is 2.16 bits per heavy atom. The van der Waals surface area contributed by atoms with E-state index < -0.39 is 47.6 Å². The van der Waals surface area contributed by atoms with Crippen molar-refractivity contribution in [3.05, 3.63) is 101 Å². The van der Waals surface area contributed by atoms with Crippen molar-refractivity contribution in [1.82, 2.24) is 4.90 Å². The summed E-state index contributed by atoms with van der Waals surface area (Å²) in [5.74, 6) is -2.06. The minimum Gasteiger partial charge on any atom is -0.457 e. The maximum Gasteiger partial charge on any atom is 0.306 e. The molecular formula is C33H33NO8S. The highest BCUT2D eigenvalue weighted by atomic mass is 32.2. The van der Waals surface area contributed by atoms with Gasteiger partial charge in [-0.25, -0.2) is 0 Å². The molecule has 3 aromatic rings. The molecule has 2 aliphatic rings. The molecule has 3 aromatic carbocycles. The second-order valence-electron chi connectivity index (χ2n) is 10.6. The molecule has 1 N–H and O–H groups in total. The van der Waals surface area contributed by atoms with E-state index in [1.165, 1.54) is 18.7 Å². The normalized spacial score (nSPS) is 23.2. The summed E-state index contributed by atoms with van der Waals surface area (Å²) in [4.78, 5) is 53.7. The number of ketones is 1. The lowest BCUT2D eigenvalue weighted by molar-refractivity contribution is -0.206. The van der Waals surface area contributed by atoms with Crippen LogP contribution < -0.4 is 0 Å². The third kappa shape index (κ3) is 7.05. The molecule has 2 heterocycles. The lowest BCUT2D eigenvalue weighted by Gasteiger charge is -2.46. The highest BCUT2D eigenvalue weighted by Gasteiger charge is 2.55. The molecule has 0 unspecified atom stereocenters. The van der Waals surface area contributed by atoms with Gasteiger partial charge in [-0.2, -0.15) is 0 Å². The van der Waals surface area contributed by atoms with Crippen molar-refractivity contribution >= 4 is 35.3 Å². The molecule has 5 rings (SSSR count). The summed E-state index contributed by atoms with van der Waals surface area (Å²) in [5, 5.41) is 11.6. The van der Waals surface area contributed by atoms with Crippen LogP contribution in [0.4, 0.5) is 0 Å². The standard InChI is InChI=1S/C33H33NO8S/c1-20-12-15-23(16-13-20)43-33-28(34-31(38)24-10-6-7-11-25(24)32(34)39)30(42-27(36)17-14-21(2)35)29(37)26(41-33)19-40-18-22-8-4-3-5-9-22/h3-13,15-16,26,28-30,33,37H,14,17-19H2,1-2H3/t26-,28-,29-,30-,33+/m1/s1. The van der Waals surface area contributed by atoms with Crippen molar-refractivity contribution in [1.29, 1.82) is 0 Å². The number of amides is 2. The van der Waals surface area contributed by atoms with E-state index in [1.807, 2.05) is 61.5 Å². The molecule has 0 saturated carbocycles. The fourth-order valence-corrected chi connectivity index (χ4v) is 6.31. The molecule has 0 bridgehead atoms. The molecule has 0 spiro atoms. The molecule has 0 radical (unpaired) electrons. The Bertz CT molecular complexity index is 1440. The summed E-state index contributed by atoms with van der Waals surface area (Å²) in [7, 11) is 0. The summed E-state index contributed by atoms with van der Waals surface area (Å²) in [6, 6.07) is 22.4. The smallest absolute Gasteiger partial charge is 0.306 e. The van der Waals surface area contributed by atoms with Gasteiger partial charge >= 0.3 is 5.97 Å². The van der Waals surface area contributed by atoms with Crippen molar-refractivity contribution < 1.29 is 38.5 Å². The molecule has 2 amide bonds. The maximum absolute atomic E-state index is 13.7. The van der Waals surface area contributed by atoms with Crippen LogP contribution in [0.25, 0.3) is 0 Å². The fourth-order valence-electron chi connectivity index (χ4n) is 5.13. The van der Waals surface area contributed by atoms with Crippen LogP contribution >= 0.6 is 11.8 Å². The summed E-state index contributed by atoms with van der Waals surface area (Å²) in [6.07, 6.45) is -3.99. The minimum absolute atomic E-state index is 0.0407. The number of carbonyl (C=O) groups excluding carboxylic acids is 4. The number of aliphatic hydroxyl groups is 1. The maximum atomic E-state index is 13.7. The van der Waals surface area contributed by atoms with E-state index in [1.54, 1.807) is 24.3 Å². The van der Waals surface area contributed by atoms with E-state index in [0.29, 0.717) is 0 Å².